The molecule has 0 unspecified atom stereocenters. The second-order valence-electron chi connectivity index (χ2n) is 6.05. The average Bonchev–Trinajstić information content (AvgIpc) is 2.23. The summed E-state index contributed by atoms with van der Waals surface area (Å²) >= 11 is 0. The molecule has 2 aliphatic rings. The maximum atomic E-state index is 12.4. The third-order valence-electron chi connectivity index (χ3n) is 4.96. The Morgan fingerprint density at radius 1 is 1.59 bits per heavy atom. The smallest absolute Gasteiger partial charge is 0.142 e. The Morgan fingerprint density at radius 2 is 2.24 bits per heavy atom. The van der Waals surface area contributed by atoms with Gasteiger partial charge in [-0.25, -0.2) is 0 Å². The molecule has 0 radical (unpaired) electrons. The van der Waals surface area contributed by atoms with Gasteiger partial charge < -0.3 is 5.11 Å². The highest BCUT2D eigenvalue weighted by atomic mass is 16.3. The first-order chi connectivity index (χ1) is 7.81. The molecule has 0 aliphatic heterocycles. The molecule has 94 valence electrons. The number of ketones is 1. The molecular weight excluding hydrogens is 212 g/mol. The number of hydrogen-bond donors (Lipinski definition) is 1. The number of carbonyl (C=O) groups is 1. The number of carbonyl (C=O) groups excluding carboxylic acids is 1. The Kier molecular flexibility index (Phi) is 2.81. The van der Waals surface area contributed by atoms with Gasteiger partial charge in [0.25, 0.3) is 0 Å². The highest BCUT2D eigenvalue weighted by molar-refractivity contribution is 5.88. The summed E-state index contributed by atoms with van der Waals surface area (Å²) in [5.41, 5.74) is -0.496. The molecule has 0 bridgehead atoms. The maximum absolute atomic E-state index is 12.4. The molecule has 2 aliphatic carbocycles. The predicted octanol–water partition coefficient (Wildman–Crippen LogP) is 2.88. The molecule has 1 N–H and O–H groups in total. The summed E-state index contributed by atoms with van der Waals surface area (Å²) in [4.78, 5) is 12.4. The van der Waals surface area contributed by atoms with E-state index in [2.05, 4.69) is 6.58 Å². The largest absolute Gasteiger partial charge is 0.388 e. The quantitative estimate of drug-likeness (QED) is 0.708. The fourth-order valence-corrected chi connectivity index (χ4v) is 3.36. The van der Waals surface area contributed by atoms with Gasteiger partial charge in [0.05, 0.1) is 11.0 Å². The summed E-state index contributed by atoms with van der Waals surface area (Å²) < 4.78 is 0. The van der Waals surface area contributed by atoms with Gasteiger partial charge in [0.15, 0.2) is 0 Å². The van der Waals surface area contributed by atoms with Crippen LogP contribution >= 0.6 is 0 Å². The lowest BCUT2D eigenvalue weighted by atomic mass is 9.53. The van der Waals surface area contributed by atoms with Gasteiger partial charge in [-0.2, -0.15) is 0 Å². The zero-order chi connectivity index (χ0) is 12.8. The Labute approximate surface area is 103 Å². The van der Waals surface area contributed by atoms with Crippen LogP contribution < -0.4 is 0 Å². The fraction of sp³-hybridized carbons (Fsp3) is 0.667. The molecule has 2 nitrogen and oxygen atoms in total. The minimum atomic E-state index is -0.902. The topological polar surface area (TPSA) is 37.3 Å². The van der Waals surface area contributed by atoms with Crippen LogP contribution in [0.2, 0.25) is 0 Å². The first kappa shape index (κ1) is 12.6. The van der Waals surface area contributed by atoms with E-state index in [4.69, 9.17) is 0 Å². The van der Waals surface area contributed by atoms with E-state index >= 15 is 0 Å². The van der Waals surface area contributed by atoms with Crippen LogP contribution in [0.1, 0.15) is 40.0 Å². The first-order valence-corrected chi connectivity index (χ1v) is 6.39. The monoisotopic (exact) mass is 234 g/mol. The first-order valence-electron chi connectivity index (χ1n) is 6.39. The Hall–Kier alpha value is -0.890. The molecule has 0 spiro atoms. The molecule has 0 aromatic rings. The Morgan fingerprint density at radius 3 is 2.82 bits per heavy atom. The van der Waals surface area contributed by atoms with Crippen molar-refractivity contribution < 1.29 is 9.90 Å². The lowest BCUT2D eigenvalue weighted by molar-refractivity contribution is -0.168. The third kappa shape index (κ3) is 1.61. The Balaban J connectivity index is 2.43. The second kappa shape index (κ2) is 3.81. The van der Waals surface area contributed by atoms with Gasteiger partial charge in [0.2, 0.25) is 0 Å². The van der Waals surface area contributed by atoms with E-state index in [0.29, 0.717) is 19.3 Å². The van der Waals surface area contributed by atoms with Crippen molar-refractivity contribution in [2.75, 3.05) is 0 Å². The molecule has 0 saturated heterocycles. The van der Waals surface area contributed by atoms with Crippen LogP contribution in [0.4, 0.5) is 0 Å². The van der Waals surface area contributed by atoms with Crippen molar-refractivity contribution in [3.8, 4) is 0 Å². The van der Waals surface area contributed by atoms with Crippen LogP contribution in [0.25, 0.3) is 0 Å². The molecule has 1 fully saturated rings. The third-order valence-corrected chi connectivity index (χ3v) is 4.96. The summed E-state index contributed by atoms with van der Waals surface area (Å²) in [6.07, 6.45) is 5.94. The summed E-state index contributed by atoms with van der Waals surface area (Å²) in [6, 6.07) is 0. The molecule has 0 aromatic heterocycles. The van der Waals surface area contributed by atoms with Crippen LogP contribution in [0.3, 0.4) is 0 Å². The van der Waals surface area contributed by atoms with E-state index in [-0.39, 0.29) is 17.6 Å². The molecule has 0 heterocycles. The molecule has 0 aromatic carbocycles. The average molecular weight is 234 g/mol. The van der Waals surface area contributed by atoms with Crippen molar-refractivity contribution in [2.24, 2.45) is 17.3 Å². The number of hydrogen-bond acceptors (Lipinski definition) is 2. The van der Waals surface area contributed by atoms with E-state index in [1.165, 1.54) is 0 Å². The van der Waals surface area contributed by atoms with Gasteiger partial charge in [-0.15, -0.1) is 0 Å². The minimum absolute atomic E-state index is 0.0346. The van der Waals surface area contributed by atoms with Gasteiger partial charge in [-0.3, -0.25) is 4.79 Å². The number of rotatable bonds is 1. The fourth-order valence-electron chi connectivity index (χ4n) is 3.36. The second-order valence-corrected chi connectivity index (χ2v) is 6.05. The van der Waals surface area contributed by atoms with Gasteiger partial charge >= 0.3 is 0 Å². The van der Waals surface area contributed by atoms with Gasteiger partial charge in [0.1, 0.15) is 5.78 Å². The van der Waals surface area contributed by atoms with Crippen molar-refractivity contribution in [2.45, 2.75) is 45.6 Å². The van der Waals surface area contributed by atoms with Crippen LogP contribution in [0.15, 0.2) is 24.3 Å². The molecule has 0 amide bonds. The van der Waals surface area contributed by atoms with Crippen LogP contribution in [-0.2, 0) is 4.79 Å². The van der Waals surface area contributed by atoms with E-state index < -0.39 is 11.0 Å². The van der Waals surface area contributed by atoms with Crippen molar-refractivity contribution in [1.82, 2.24) is 0 Å². The number of allylic oxidation sites excluding steroid dienone is 2. The predicted molar refractivity (Wildman–Crippen MR) is 68.5 cm³/mol. The van der Waals surface area contributed by atoms with Gasteiger partial charge in [-0.05, 0) is 32.6 Å². The molecule has 2 heteroatoms. The highest BCUT2D eigenvalue weighted by Crippen LogP contribution is 2.53. The van der Waals surface area contributed by atoms with E-state index in [1.54, 1.807) is 0 Å². The van der Waals surface area contributed by atoms with Crippen molar-refractivity contribution in [3.63, 3.8) is 0 Å². The molecule has 2 rings (SSSR count). The molecular formula is C15H22O2. The summed E-state index contributed by atoms with van der Waals surface area (Å²) in [7, 11) is 0. The summed E-state index contributed by atoms with van der Waals surface area (Å²) in [6.45, 7) is 9.82. The molecule has 1 saturated carbocycles. The Bertz CT molecular complexity index is 396. The summed E-state index contributed by atoms with van der Waals surface area (Å²) in [5.74, 6) is 0.359. The maximum Gasteiger partial charge on any atom is 0.142 e. The summed E-state index contributed by atoms with van der Waals surface area (Å²) in [5, 5.41) is 11.0. The standard InChI is InChI=1S/C15H22O2/c1-10(2)12-8-13(16)14(4)7-5-6-11(3)15(14,17)9-12/h5-6,11-12,17H,1,7-9H2,2-4H3/t11-,12-,14+,15-/m1/s1. The van der Waals surface area contributed by atoms with Crippen LogP contribution in [0, 0.1) is 17.3 Å². The van der Waals surface area contributed by atoms with Gasteiger partial charge in [-0.1, -0.05) is 31.2 Å². The van der Waals surface area contributed by atoms with Crippen LogP contribution in [-0.4, -0.2) is 16.5 Å². The minimum Gasteiger partial charge on any atom is -0.388 e. The number of Topliss-reactive ketones (excluding diaryl/α,β-unsaturated/α-hetero) is 1. The number of aliphatic hydroxyl groups is 1. The zero-order valence-corrected chi connectivity index (χ0v) is 11.0. The normalized spacial score (nSPS) is 45.5. The van der Waals surface area contributed by atoms with Gasteiger partial charge in [0, 0.05) is 12.3 Å². The molecule has 17 heavy (non-hydrogen) atoms. The highest BCUT2D eigenvalue weighted by Gasteiger charge is 2.58. The van der Waals surface area contributed by atoms with E-state index in [0.717, 1.165) is 5.57 Å². The van der Waals surface area contributed by atoms with Crippen molar-refractivity contribution in [1.29, 1.82) is 0 Å². The zero-order valence-electron chi connectivity index (χ0n) is 11.0. The lowest BCUT2D eigenvalue weighted by Crippen LogP contribution is -2.60. The van der Waals surface area contributed by atoms with Crippen molar-refractivity contribution >= 4 is 5.78 Å². The van der Waals surface area contributed by atoms with E-state index in [9.17, 15) is 9.90 Å². The number of fused-ring (bicyclic) bond motifs is 1. The van der Waals surface area contributed by atoms with Crippen LogP contribution in [0.5, 0.6) is 0 Å². The lowest BCUT2D eigenvalue weighted by Gasteiger charge is -2.53. The van der Waals surface area contributed by atoms with Crippen molar-refractivity contribution in [3.05, 3.63) is 24.3 Å². The van der Waals surface area contributed by atoms with E-state index in [1.807, 2.05) is 32.9 Å². The SMILES string of the molecule is C=C(C)[C@@H]1CC(=O)[C@]2(C)CC=C[C@@H](C)[C@]2(O)C1. The molecule has 4 atom stereocenters.